The van der Waals surface area contributed by atoms with E-state index in [1.54, 1.807) is 0 Å². The topological polar surface area (TPSA) is 50.9 Å². The Balaban J connectivity index is 2.47. The summed E-state index contributed by atoms with van der Waals surface area (Å²) in [5.74, 6) is 1.70. The summed E-state index contributed by atoms with van der Waals surface area (Å²) in [5.41, 5.74) is 7.20. The smallest absolute Gasteiger partial charge is 0.153 e. The average molecular weight is 205 g/mol. The summed E-state index contributed by atoms with van der Waals surface area (Å²) in [6.45, 7) is 1.98. The fourth-order valence-corrected chi connectivity index (χ4v) is 1.64. The van der Waals surface area contributed by atoms with Crippen molar-refractivity contribution < 1.29 is 4.74 Å². The Kier molecular flexibility index (Phi) is 2.26. The van der Waals surface area contributed by atoms with E-state index in [4.69, 9.17) is 10.5 Å². The van der Waals surface area contributed by atoms with E-state index >= 15 is 0 Å². The van der Waals surface area contributed by atoms with Crippen LogP contribution in [0.25, 0.3) is 0 Å². The van der Waals surface area contributed by atoms with Gasteiger partial charge in [0.15, 0.2) is 6.10 Å². The first-order valence-corrected chi connectivity index (χ1v) is 4.90. The van der Waals surface area contributed by atoms with Crippen LogP contribution in [0.15, 0.2) is 23.2 Å². The number of hydrogen-bond acceptors (Lipinski definition) is 4. The van der Waals surface area contributed by atoms with Gasteiger partial charge < -0.3 is 15.4 Å². The third kappa shape index (κ3) is 1.75. The number of amidine groups is 1. The van der Waals surface area contributed by atoms with E-state index in [0.717, 1.165) is 17.3 Å². The zero-order chi connectivity index (χ0) is 11.0. The molecule has 0 radical (unpaired) electrons. The minimum Gasteiger partial charge on any atom is -0.481 e. The number of likely N-dealkylation sites (N-methyl/N-ethyl adjacent to an activating group) is 1. The predicted octanol–water partition coefficient (Wildman–Crippen LogP) is 1.64. The lowest BCUT2D eigenvalue weighted by atomic mass is 10.2. The van der Waals surface area contributed by atoms with Gasteiger partial charge in [-0.05, 0) is 25.1 Å². The van der Waals surface area contributed by atoms with Gasteiger partial charge in [0.05, 0.1) is 0 Å². The molecule has 2 rings (SSSR count). The molecule has 15 heavy (non-hydrogen) atoms. The first-order chi connectivity index (χ1) is 7.08. The first-order valence-electron chi connectivity index (χ1n) is 4.90. The molecule has 1 aliphatic rings. The Bertz CT molecular complexity index is 412. The van der Waals surface area contributed by atoms with Crippen molar-refractivity contribution in [1.29, 1.82) is 0 Å². The number of ether oxygens (including phenoxy) is 1. The molecule has 0 saturated carbocycles. The predicted molar refractivity (Wildman–Crippen MR) is 61.7 cm³/mol. The van der Waals surface area contributed by atoms with Gasteiger partial charge in [0.1, 0.15) is 17.3 Å². The molecular weight excluding hydrogens is 190 g/mol. The third-order valence-electron chi connectivity index (χ3n) is 2.34. The highest BCUT2D eigenvalue weighted by atomic mass is 16.5. The van der Waals surface area contributed by atoms with Crippen molar-refractivity contribution in [1.82, 2.24) is 4.90 Å². The molecule has 1 aromatic rings. The molecule has 1 aromatic carbocycles. The summed E-state index contributed by atoms with van der Waals surface area (Å²) in [7, 11) is 3.91. The van der Waals surface area contributed by atoms with Crippen molar-refractivity contribution >= 4 is 17.2 Å². The maximum Gasteiger partial charge on any atom is 0.153 e. The van der Waals surface area contributed by atoms with Crippen molar-refractivity contribution in [2.24, 2.45) is 4.99 Å². The largest absolute Gasteiger partial charge is 0.481 e. The highest BCUT2D eigenvalue weighted by Gasteiger charge is 2.21. The second-order valence-corrected chi connectivity index (χ2v) is 3.85. The van der Waals surface area contributed by atoms with E-state index < -0.39 is 0 Å². The number of anilines is 1. The van der Waals surface area contributed by atoms with Crippen LogP contribution < -0.4 is 10.5 Å². The number of rotatable bonds is 0. The van der Waals surface area contributed by atoms with Crippen LogP contribution in [-0.2, 0) is 0 Å². The van der Waals surface area contributed by atoms with E-state index in [9.17, 15) is 0 Å². The maximum atomic E-state index is 5.73. The Hall–Kier alpha value is -1.71. The molecule has 1 unspecified atom stereocenters. The van der Waals surface area contributed by atoms with E-state index in [0.29, 0.717) is 5.69 Å². The lowest BCUT2D eigenvalue weighted by molar-refractivity contribution is 0.266. The minimum atomic E-state index is -0.0175. The highest BCUT2D eigenvalue weighted by Crippen LogP contribution is 2.34. The maximum absolute atomic E-state index is 5.73. The van der Waals surface area contributed by atoms with Crippen molar-refractivity contribution in [2.45, 2.75) is 13.0 Å². The van der Waals surface area contributed by atoms with E-state index in [2.05, 4.69) is 4.99 Å². The summed E-state index contributed by atoms with van der Waals surface area (Å²) in [4.78, 5) is 6.48. The molecule has 0 bridgehead atoms. The highest BCUT2D eigenvalue weighted by molar-refractivity contribution is 5.91. The van der Waals surface area contributed by atoms with Gasteiger partial charge in [0.2, 0.25) is 0 Å². The van der Waals surface area contributed by atoms with Crippen LogP contribution >= 0.6 is 0 Å². The Morgan fingerprint density at radius 3 is 2.80 bits per heavy atom. The summed E-state index contributed by atoms with van der Waals surface area (Å²) in [6, 6.07) is 5.50. The number of hydrogen-bond donors (Lipinski definition) is 1. The molecule has 1 atom stereocenters. The van der Waals surface area contributed by atoms with Crippen molar-refractivity contribution in [3.63, 3.8) is 0 Å². The normalized spacial score (nSPS) is 18.9. The van der Waals surface area contributed by atoms with Gasteiger partial charge >= 0.3 is 0 Å². The van der Waals surface area contributed by atoms with E-state index in [1.807, 2.05) is 44.1 Å². The van der Waals surface area contributed by atoms with Gasteiger partial charge in [-0.15, -0.1) is 0 Å². The fraction of sp³-hybridized carbons (Fsp3) is 0.364. The minimum absolute atomic E-state index is 0.0175. The molecule has 0 aromatic heterocycles. The van der Waals surface area contributed by atoms with Gasteiger partial charge in [-0.2, -0.15) is 0 Å². The third-order valence-corrected chi connectivity index (χ3v) is 2.34. The summed E-state index contributed by atoms with van der Waals surface area (Å²) in [5, 5.41) is 0. The Morgan fingerprint density at radius 2 is 2.13 bits per heavy atom. The van der Waals surface area contributed by atoms with Crippen LogP contribution in [-0.4, -0.2) is 30.9 Å². The van der Waals surface area contributed by atoms with E-state index in [-0.39, 0.29) is 6.10 Å². The van der Waals surface area contributed by atoms with Crippen LogP contribution in [0.2, 0.25) is 0 Å². The zero-order valence-corrected chi connectivity index (χ0v) is 9.19. The Labute approximate surface area is 89.4 Å². The summed E-state index contributed by atoms with van der Waals surface area (Å²) >= 11 is 0. The number of aliphatic imine (C=N–C) groups is 1. The van der Waals surface area contributed by atoms with Crippen molar-refractivity contribution in [3.05, 3.63) is 18.2 Å². The van der Waals surface area contributed by atoms with Gasteiger partial charge in [-0.1, -0.05) is 0 Å². The van der Waals surface area contributed by atoms with Crippen molar-refractivity contribution in [3.8, 4) is 5.75 Å². The molecule has 0 amide bonds. The number of fused-ring (bicyclic) bond motifs is 1. The summed E-state index contributed by atoms with van der Waals surface area (Å²) in [6.07, 6.45) is -0.0175. The summed E-state index contributed by atoms with van der Waals surface area (Å²) < 4.78 is 5.73. The van der Waals surface area contributed by atoms with Crippen LogP contribution in [0.5, 0.6) is 5.75 Å². The number of benzene rings is 1. The average Bonchev–Trinajstić information content (AvgIpc) is 2.17. The van der Waals surface area contributed by atoms with Crippen LogP contribution in [0.4, 0.5) is 11.4 Å². The number of nitrogen functional groups attached to an aromatic ring is 1. The second kappa shape index (κ2) is 3.46. The monoisotopic (exact) mass is 205 g/mol. The van der Waals surface area contributed by atoms with Gasteiger partial charge in [-0.25, -0.2) is 4.99 Å². The molecule has 1 aliphatic heterocycles. The van der Waals surface area contributed by atoms with Gasteiger partial charge in [0, 0.05) is 19.8 Å². The zero-order valence-electron chi connectivity index (χ0n) is 9.19. The molecule has 1 heterocycles. The van der Waals surface area contributed by atoms with Crippen molar-refractivity contribution in [2.75, 3.05) is 19.8 Å². The molecular formula is C11H15N3O. The quantitative estimate of drug-likeness (QED) is 0.655. The van der Waals surface area contributed by atoms with Gasteiger partial charge in [0.25, 0.3) is 0 Å². The number of nitrogens with two attached hydrogens (primary N) is 1. The molecule has 0 spiro atoms. The molecule has 2 N–H and O–H groups in total. The molecule has 0 fully saturated rings. The number of nitrogens with zero attached hydrogens (tertiary/aromatic N) is 2. The fourth-order valence-electron chi connectivity index (χ4n) is 1.64. The van der Waals surface area contributed by atoms with Crippen LogP contribution in [0, 0.1) is 0 Å². The lowest BCUT2D eigenvalue weighted by Crippen LogP contribution is -2.37. The first kappa shape index (κ1) is 9.83. The van der Waals surface area contributed by atoms with Crippen LogP contribution in [0.1, 0.15) is 6.92 Å². The lowest BCUT2D eigenvalue weighted by Gasteiger charge is -2.27. The van der Waals surface area contributed by atoms with Crippen LogP contribution in [0.3, 0.4) is 0 Å². The second-order valence-electron chi connectivity index (χ2n) is 3.85. The SMILES string of the molecule is CC1Oc2ccc(N)cc2N=C1N(C)C. The molecule has 4 heteroatoms. The molecule has 4 nitrogen and oxygen atoms in total. The standard InChI is InChI=1S/C11H15N3O/c1-7-11(14(2)3)13-9-6-8(12)4-5-10(9)15-7/h4-7H,12H2,1-3H3. The van der Waals surface area contributed by atoms with Gasteiger partial charge in [-0.3, -0.25) is 0 Å². The van der Waals surface area contributed by atoms with E-state index in [1.165, 1.54) is 0 Å². The Morgan fingerprint density at radius 1 is 1.40 bits per heavy atom. The molecule has 0 aliphatic carbocycles. The molecule has 0 saturated heterocycles. The molecule has 80 valence electrons.